The van der Waals surface area contributed by atoms with Crippen molar-refractivity contribution >= 4 is 23.5 Å². The standard InChI is InChI=1S/C19H21N3O5/c1-12-11-21(14-5-3-13(4-6-14)19(25)26-2)9-10-22(12)18(24)16-8-7-15(27-16)17(20)23/h3-8,12H,9-11H2,1-2H3,(H2,20,23). The average molecular weight is 371 g/mol. The highest BCUT2D eigenvalue weighted by atomic mass is 16.5. The molecular weight excluding hydrogens is 350 g/mol. The van der Waals surface area contributed by atoms with E-state index in [1.165, 1.54) is 19.2 Å². The van der Waals surface area contributed by atoms with E-state index >= 15 is 0 Å². The molecule has 1 aromatic heterocycles. The lowest BCUT2D eigenvalue weighted by atomic mass is 10.1. The molecule has 2 heterocycles. The number of carbonyl (C=O) groups excluding carboxylic acids is 3. The zero-order valence-electron chi connectivity index (χ0n) is 15.2. The third-order valence-corrected chi connectivity index (χ3v) is 4.60. The molecule has 1 aliphatic rings. The second-order valence-electron chi connectivity index (χ2n) is 6.36. The highest BCUT2D eigenvalue weighted by Crippen LogP contribution is 2.22. The summed E-state index contributed by atoms with van der Waals surface area (Å²) in [6, 6.07) is 9.97. The van der Waals surface area contributed by atoms with E-state index in [0.29, 0.717) is 25.2 Å². The van der Waals surface area contributed by atoms with E-state index in [-0.39, 0.29) is 29.4 Å². The molecule has 1 unspecified atom stereocenters. The fraction of sp³-hybridized carbons (Fsp3) is 0.316. The Labute approximate surface area is 156 Å². The molecule has 1 aromatic carbocycles. The number of anilines is 1. The topological polar surface area (TPSA) is 106 Å². The zero-order valence-corrected chi connectivity index (χ0v) is 15.2. The van der Waals surface area contributed by atoms with Gasteiger partial charge >= 0.3 is 5.97 Å². The van der Waals surface area contributed by atoms with Gasteiger partial charge in [0.2, 0.25) is 0 Å². The van der Waals surface area contributed by atoms with Crippen LogP contribution in [-0.2, 0) is 4.74 Å². The largest absolute Gasteiger partial charge is 0.465 e. The van der Waals surface area contributed by atoms with Crippen molar-refractivity contribution in [2.45, 2.75) is 13.0 Å². The van der Waals surface area contributed by atoms with Gasteiger partial charge in [-0.25, -0.2) is 4.79 Å². The van der Waals surface area contributed by atoms with E-state index < -0.39 is 5.91 Å². The zero-order chi connectivity index (χ0) is 19.6. The fourth-order valence-corrected chi connectivity index (χ4v) is 3.15. The van der Waals surface area contributed by atoms with E-state index in [4.69, 9.17) is 14.9 Å². The molecule has 2 amide bonds. The Balaban J connectivity index is 1.67. The third-order valence-electron chi connectivity index (χ3n) is 4.60. The van der Waals surface area contributed by atoms with Gasteiger partial charge < -0.3 is 24.7 Å². The summed E-state index contributed by atoms with van der Waals surface area (Å²) < 4.78 is 9.95. The quantitative estimate of drug-likeness (QED) is 0.817. The van der Waals surface area contributed by atoms with E-state index in [9.17, 15) is 14.4 Å². The normalized spacial score (nSPS) is 16.9. The Kier molecular flexibility index (Phi) is 5.16. The Bertz CT molecular complexity index is 858. The molecule has 0 bridgehead atoms. The Hall–Kier alpha value is -3.29. The number of furan rings is 1. The van der Waals surface area contributed by atoms with Crippen LogP contribution in [0.2, 0.25) is 0 Å². The number of nitrogens with zero attached hydrogens (tertiary/aromatic N) is 2. The van der Waals surface area contributed by atoms with E-state index in [1.54, 1.807) is 17.0 Å². The number of methoxy groups -OCH3 is 1. The smallest absolute Gasteiger partial charge is 0.337 e. The second kappa shape index (κ2) is 7.53. The van der Waals surface area contributed by atoms with Crippen LogP contribution in [0.1, 0.15) is 38.4 Å². The number of ether oxygens (including phenoxy) is 1. The van der Waals surface area contributed by atoms with Gasteiger partial charge in [0.1, 0.15) is 0 Å². The van der Waals surface area contributed by atoms with Crippen LogP contribution in [0.3, 0.4) is 0 Å². The van der Waals surface area contributed by atoms with Crippen LogP contribution in [0.5, 0.6) is 0 Å². The number of hydrogen-bond donors (Lipinski definition) is 1. The predicted molar refractivity (Wildman–Crippen MR) is 97.7 cm³/mol. The summed E-state index contributed by atoms with van der Waals surface area (Å²) in [5.41, 5.74) is 6.62. The van der Waals surface area contributed by atoms with E-state index in [2.05, 4.69) is 4.90 Å². The molecule has 1 aliphatic heterocycles. The third kappa shape index (κ3) is 3.79. The number of carbonyl (C=O) groups is 3. The van der Waals surface area contributed by atoms with Gasteiger partial charge in [0.25, 0.3) is 11.8 Å². The first-order valence-electron chi connectivity index (χ1n) is 8.54. The monoisotopic (exact) mass is 371 g/mol. The van der Waals surface area contributed by atoms with Crippen LogP contribution < -0.4 is 10.6 Å². The van der Waals surface area contributed by atoms with Gasteiger partial charge in [-0.05, 0) is 43.3 Å². The first-order valence-corrected chi connectivity index (χ1v) is 8.54. The summed E-state index contributed by atoms with van der Waals surface area (Å²) in [5, 5.41) is 0. The van der Waals surface area contributed by atoms with Crippen LogP contribution in [0.25, 0.3) is 0 Å². The molecule has 2 N–H and O–H groups in total. The molecule has 3 rings (SSSR count). The fourth-order valence-electron chi connectivity index (χ4n) is 3.15. The Morgan fingerprint density at radius 1 is 1.07 bits per heavy atom. The van der Waals surface area contributed by atoms with Crippen molar-refractivity contribution < 1.29 is 23.5 Å². The van der Waals surface area contributed by atoms with Crippen LogP contribution >= 0.6 is 0 Å². The molecule has 142 valence electrons. The van der Waals surface area contributed by atoms with Gasteiger partial charge in [-0.15, -0.1) is 0 Å². The molecule has 1 saturated heterocycles. The first kappa shape index (κ1) is 18.5. The summed E-state index contributed by atoms with van der Waals surface area (Å²) in [7, 11) is 1.35. The number of rotatable bonds is 4. The number of benzene rings is 1. The maximum absolute atomic E-state index is 12.7. The summed E-state index contributed by atoms with van der Waals surface area (Å²) in [6.45, 7) is 3.72. The maximum atomic E-state index is 12.7. The second-order valence-corrected chi connectivity index (χ2v) is 6.36. The molecule has 0 radical (unpaired) electrons. The van der Waals surface area contributed by atoms with Crippen LogP contribution in [0.15, 0.2) is 40.8 Å². The molecule has 27 heavy (non-hydrogen) atoms. The van der Waals surface area contributed by atoms with Gasteiger partial charge in [0, 0.05) is 31.4 Å². The van der Waals surface area contributed by atoms with Gasteiger partial charge in [0.05, 0.1) is 12.7 Å². The van der Waals surface area contributed by atoms with E-state index in [0.717, 1.165) is 5.69 Å². The van der Waals surface area contributed by atoms with Crippen LogP contribution in [0, 0.1) is 0 Å². The summed E-state index contributed by atoms with van der Waals surface area (Å²) in [5.74, 6) is -1.28. The lowest BCUT2D eigenvalue weighted by Gasteiger charge is -2.40. The van der Waals surface area contributed by atoms with E-state index in [1.807, 2.05) is 19.1 Å². The van der Waals surface area contributed by atoms with Crippen molar-refractivity contribution in [1.29, 1.82) is 0 Å². The average Bonchev–Trinajstić information content (AvgIpc) is 3.17. The highest BCUT2D eigenvalue weighted by molar-refractivity contribution is 5.95. The van der Waals surface area contributed by atoms with Gasteiger partial charge in [0.15, 0.2) is 11.5 Å². The molecule has 0 saturated carbocycles. The lowest BCUT2D eigenvalue weighted by molar-refractivity contribution is 0.0598. The minimum Gasteiger partial charge on any atom is -0.465 e. The predicted octanol–water partition coefficient (Wildman–Crippen LogP) is 1.52. The number of piperazine rings is 1. The summed E-state index contributed by atoms with van der Waals surface area (Å²) in [4.78, 5) is 39.2. The highest BCUT2D eigenvalue weighted by Gasteiger charge is 2.30. The van der Waals surface area contributed by atoms with Crippen molar-refractivity contribution in [3.8, 4) is 0 Å². The molecule has 0 spiro atoms. The molecule has 1 fully saturated rings. The van der Waals surface area contributed by atoms with Crippen molar-refractivity contribution in [3.05, 3.63) is 53.5 Å². The Morgan fingerprint density at radius 3 is 2.30 bits per heavy atom. The minimum atomic E-state index is -0.706. The number of hydrogen-bond acceptors (Lipinski definition) is 6. The Morgan fingerprint density at radius 2 is 1.74 bits per heavy atom. The summed E-state index contributed by atoms with van der Waals surface area (Å²) in [6.07, 6.45) is 0. The van der Waals surface area contributed by atoms with Crippen LogP contribution in [-0.4, -0.2) is 55.5 Å². The molecule has 2 aromatic rings. The summed E-state index contributed by atoms with van der Waals surface area (Å²) >= 11 is 0. The number of primary amides is 1. The van der Waals surface area contributed by atoms with Crippen molar-refractivity contribution in [3.63, 3.8) is 0 Å². The molecule has 8 nitrogen and oxygen atoms in total. The minimum absolute atomic E-state index is 0.0321. The van der Waals surface area contributed by atoms with Gasteiger partial charge in [-0.2, -0.15) is 0 Å². The lowest BCUT2D eigenvalue weighted by Crippen LogP contribution is -2.54. The number of esters is 1. The van der Waals surface area contributed by atoms with Gasteiger partial charge in [-0.3, -0.25) is 9.59 Å². The van der Waals surface area contributed by atoms with Crippen molar-refractivity contribution in [1.82, 2.24) is 4.90 Å². The molecular formula is C19H21N3O5. The number of nitrogens with two attached hydrogens (primary N) is 1. The molecule has 8 heteroatoms. The maximum Gasteiger partial charge on any atom is 0.337 e. The van der Waals surface area contributed by atoms with Crippen LogP contribution in [0.4, 0.5) is 5.69 Å². The van der Waals surface area contributed by atoms with Gasteiger partial charge in [-0.1, -0.05) is 0 Å². The van der Waals surface area contributed by atoms with Crippen molar-refractivity contribution in [2.75, 3.05) is 31.6 Å². The SMILES string of the molecule is COC(=O)c1ccc(N2CCN(C(=O)c3ccc(C(N)=O)o3)C(C)C2)cc1. The molecule has 0 aliphatic carbocycles. The molecule has 1 atom stereocenters. The first-order chi connectivity index (χ1) is 12.9. The van der Waals surface area contributed by atoms with Crippen molar-refractivity contribution in [2.24, 2.45) is 5.73 Å². The number of amides is 2.